The molecule has 3 rings (SSSR count). The van der Waals surface area contributed by atoms with Gasteiger partial charge in [0.15, 0.2) is 12.4 Å². The number of nitrogens with one attached hydrogen (secondary N) is 1. The third-order valence-corrected chi connectivity index (χ3v) is 3.56. The first-order valence-electron chi connectivity index (χ1n) is 7.98. The Hall–Kier alpha value is -3.68. The molecule has 138 valence electrons. The van der Waals surface area contributed by atoms with Gasteiger partial charge in [-0.05, 0) is 30.3 Å². The SMILES string of the molecule is COc1cn(-c2ccccc2)nc1C(=O)OCC(=O)Nc1cccc(F)c1. The van der Waals surface area contributed by atoms with Crippen LogP contribution in [0.5, 0.6) is 5.75 Å². The quantitative estimate of drug-likeness (QED) is 0.676. The van der Waals surface area contributed by atoms with Gasteiger partial charge in [-0.25, -0.2) is 13.9 Å². The van der Waals surface area contributed by atoms with E-state index in [1.165, 1.54) is 30.0 Å². The van der Waals surface area contributed by atoms with Crippen molar-refractivity contribution >= 4 is 17.6 Å². The summed E-state index contributed by atoms with van der Waals surface area (Å²) in [6.07, 6.45) is 1.54. The van der Waals surface area contributed by atoms with Crippen molar-refractivity contribution in [3.63, 3.8) is 0 Å². The van der Waals surface area contributed by atoms with Crippen molar-refractivity contribution in [2.24, 2.45) is 0 Å². The van der Waals surface area contributed by atoms with E-state index in [9.17, 15) is 14.0 Å². The zero-order chi connectivity index (χ0) is 19.2. The minimum atomic E-state index is -0.809. The van der Waals surface area contributed by atoms with Crippen LogP contribution in [-0.2, 0) is 9.53 Å². The number of carbonyl (C=O) groups is 2. The van der Waals surface area contributed by atoms with Crippen molar-refractivity contribution in [3.8, 4) is 11.4 Å². The fraction of sp³-hybridized carbons (Fsp3) is 0.105. The van der Waals surface area contributed by atoms with Crippen molar-refractivity contribution in [2.45, 2.75) is 0 Å². The Labute approximate surface area is 154 Å². The van der Waals surface area contributed by atoms with E-state index >= 15 is 0 Å². The Morgan fingerprint density at radius 2 is 1.93 bits per heavy atom. The van der Waals surface area contributed by atoms with E-state index in [4.69, 9.17) is 9.47 Å². The van der Waals surface area contributed by atoms with E-state index in [-0.39, 0.29) is 17.1 Å². The van der Waals surface area contributed by atoms with Gasteiger partial charge in [0.25, 0.3) is 5.91 Å². The second-order valence-corrected chi connectivity index (χ2v) is 5.46. The standard InChI is InChI=1S/C19H16FN3O4/c1-26-16-11-23(15-8-3-2-4-9-15)22-18(16)19(25)27-12-17(24)21-14-7-5-6-13(20)10-14/h2-11H,12H2,1H3,(H,21,24). The molecule has 0 atom stereocenters. The molecule has 0 unspecified atom stereocenters. The average molecular weight is 369 g/mol. The summed E-state index contributed by atoms with van der Waals surface area (Å²) >= 11 is 0. The molecule has 7 nitrogen and oxygen atoms in total. The molecule has 1 aromatic heterocycles. The molecule has 0 spiro atoms. The molecule has 0 saturated carbocycles. The van der Waals surface area contributed by atoms with E-state index in [1.54, 1.807) is 6.20 Å². The number of nitrogens with zero attached hydrogens (tertiary/aromatic N) is 2. The van der Waals surface area contributed by atoms with Gasteiger partial charge in [0, 0.05) is 5.69 Å². The highest BCUT2D eigenvalue weighted by Crippen LogP contribution is 2.20. The van der Waals surface area contributed by atoms with Crippen LogP contribution in [0, 0.1) is 5.82 Å². The molecule has 8 heteroatoms. The third-order valence-electron chi connectivity index (χ3n) is 3.56. The average Bonchev–Trinajstić information content (AvgIpc) is 3.11. The van der Waals surface area contributed by atoms with Gasteiger partial charge in [-0.1, -0.05) is 24.3 Å². The van der Waals surface area contributed by atoms with Crippen LogP contribution in [0.3, 0.4) is 0 Å². The largest absolute Gasteiger partial charge is 0.493 e. The lowest BCUT2D eigenvalue weighted by atomic mass is 10.3. The maximum Gasteiger partial charge on any atom is 0.363 e. The maximum atomic E-state index is 13.1. The molecule has 3 aromatic rings. The van der Waals surface area contributed by atoms with E-state index in [0.29, 0.717) is 0 Å². The number of hydrogen-bond acceptors (Lipinski definition) is 5. The zero-order valence-electron chi connectivity index (χ0n) is 14.4. The number of aromatic nitrogens is 2. The van der Waals surface area contributed by atoms with Crippen molar-refractivity contribution in [1.29, 1.82) is 0 Å². The highest BCUT2D eigenvalue weighted by molar-refractivity contribution is 5.95. The molecule has 0 aliphatic heterocycles. The number of esters is 1. The first-order chi connectivity index (χ1) is 13.1. The molecule has 2 aromatic carbocycles. The molecule has 1 N–H and O–H groups in total. The van der Waals surface area contributed by atoms with Crippen LogP contribution in [0.25, 0.3) is 5.69 Å². The van der Waals surface area contributed by atoms with Gasteiger partial charge in [-0.2, -0.15) is 5.10 Å². The Morgan fingerprint density at radius 3 is 2.63 bits per heavy atom. The number of carbonyl (C=O) groups excluding carboxylic acids is 2. The monoisotopic (exact) mass is 369 g/mol. The normalized spacial score (nSPS) is 10.3. The molecule has 0 aliphatic rings. The summed E-state index contributed by atoms with van der Waals surface area (Å²) in [4.78, 5) is 24.1. The zero-order valence-corrected chi connectivity index (χ0v) is 14.4. The molecule has 1 heterocycles. The van der Waals surface area contributed by atoms with Gasteiger partial charge >= 0.3 is 5.97 Å². The van der Waals surface area contributed by atoms with Crippen LogP contribution in [0.2, 0.25) is 0 Å². The predicted octanol–water partition coefficient (Wildman–Crippen LogP) is 2.82. The fourth-order valence-electron chi connectivity index (χ4n) is 2.32. The molecule has 0 saturated heterocycles. The number of benzene rings is 2. The number of para-hydroxylation sites is 1. The third kappa shape index (κ3) is 4.49. The van der Waals surface area contributed by atoms with Crippen LogP contribution < -0.4 is 10.1 Å². The Balaban J connectivity index is 1.65. The summed E-state index contributed by atoms with van der Waals surface area (Å²) in [5.41, 5.74) is 0.945. The number of anilines is 1. The summed E-state index contributed by atoms with van der Waals surface area (Å²) in [7, 11) is 1.40. The molecule has 0 radical (unpaired) electrons. The summed E-state index contributed by atoms with van der Waals surface area (Å²) < 4.78 is 24.7. The summed E-state index contributed by atoms with van der Waals surface area (Å²) in [6, 6.07) is 14.5. The lowest BCUT2D eigenvalue weighted by Gasteiger charge is -2.06. The van der Waals surface area contributed by atoms with E-state index in [1.807, 2.05) is 30.3 Å². The lowest BCUT2D eigenvalue weighted by Crippen LogP contribution is -2.21. The van der Waals surface area contributed by atoms with Gasteiger partial charge in [0.2, 0.25) is 5.69 Å². The number of rotatable bonds is 6. The van der Waals surface area contributed by atoms with Gasteiger partial charge in [0.1, 0.15) is 5.82 Å². The van der Waals surface area contributed by atoms with Crippen molar-refractivity contribution < 1.29 is 23.5 Å². The van der Waals surface area contributed by atoms with Crippen molar-refractivity contribution in [1.82, 2.24) is 9.78 Å². The molecule has 0 bridgehead atoms. The van der Waals surface area contributed by atoms with Crippen molar-refractivity contribution in [3.05, 3.63) is 72.3 Å². The van der Waals surface area contributed by atoms with Gasteiger partial charge in [0.05, 0.1) is 19.0 Å². The van der Waals surface area contributed by atoms with Crippen molar-refractivity contribution in [2.75, 3.05) is 19.0 Å². The summed E-state index contributed by atoms with van der Waals surface area (Å²) in [6.45, 7) is -0.545. The minimum Gasteiger partial charge on any atom is -0.493 e. The number of amides is 1. The summed E-state index contributed by atoms with van der Waals surface area (Å²) in [5, 5.41) is 6.60. The van der Waals surface area contributed by atoms with Gasteiger partial charge in [-0.3, -0.25) is 4.79 Å². The maximum absolute atomic E-state index is 13.1. The topological polar surface area (TPSA) is 82.5 Å². The summed E-state index contributed by atoms with van der Waals surface area (Å²) in [5.74, 6) is -1.68. The second-order valence-electron chi connectivity index (χ2n) is 5.46. The number of methoxy groups -OCH3 is 1. The number of ether oxygens (including phenoxy) is 2. The van der Waals surface area contributed by atoms with Crippen LogP contribution in [0.15, 0.2) is 60.8 Å². The smallest absolute Gasteiger partial charge is 0.363 e. The van der Waals surface area contributed by atoms with Crippen LogP contribution in [0.4, 0.5) is 10.1 Å². The second kappa shape index (κ2) is 8.13. The van der Waals surface area contributed by atoms with E-state index in [2.05, 4.69) is 10.4 Å². The van der Waals surface area contributed by atoms with Crippen LogP contribution >= 0.6 is 0 Å². The Kier molecular flexibility index (Phi) is 5.46. The predicted molar refractivity (Wildman–Crippen MR) is 95.4 cm³/mol. The first kappa shape index (κ1) is 18.1. The molecule has 27 heavy (non-hydrogen) atoms. The lowest BCUT2D eigenvalue weighted by molar-refractivity contribution is -0.119. The number of halogens is 1. The minimum absolute atomic E-state index is 0.0556. The molecular weight excluding hydrogens is 353 g/mol. The fourth-order valence-corrected chi connectivity index (χ4v) is 2.32. The van der Waals surface area contributed by atoms with E-state index < -0.39 is 24.3 Å². The first-order valence-corrected chi connectivity index (χ1v) is 7.98. The number of hydrogen-bond donors (Lipinski definition) is 1. The highest BCUT2D eigenvalue weighted by atomic mass is 19.1. The molecule has 0 fully saturated rings. The van der Waals surface area contributed by atoms with Gasteiger partial charge in [-0.15, -0.1) is 0 Å². The molecular formula is C19H16FN3O4. The Morgan fingerprint density at radius 1 is 1.15 bits per heavy atom. The van der Waals surface area contributed by atoms with Crippen LogP contribution in [-0.4, -0.2) is 35.4 Å². The molecule has 0 aliphatic carbocycles. The van der Waals surface area contributed by atoms with E-state index in [0.717, 1.165) is 11.8 Å². The molecule has 1 amide bonds. The highest BCUT2D eigenvalue weighted by Gasteiger charge is 2.21. The Bertz CT molecular complexity index is 957. The van der Waals surface area contributed by atoms with Gasteiger partial charge < -0.3 is 14.8 Å². The van der Waals surface area contributed by atoms with Crippen LogP contribution in [0.1, 0.15) is 10.5 Å².